The van der Waals surface area contributed by atoms with Crippen LogP contribution in [-0.4, -0.2) is 68.4 Å². The Kier molecular flexibility index (Phi) is 7.19. The molecule has 11 N–H and O–H groups in total. The van der Waals surface area contributed by atoms with E-state index >= 15 is 0 Å². The van der Waals surface area contributed by atoms with Gasteiger partial charge in [0.2, 0.25) is 0 Å². The molecule has 0 fully saturated rings. The molecule has 4 atom stereocenters. The topological polar surface area (TPSA) is 232 Å². The van der Waals surface area contributed by atoms with E-state index < -0.39 is 82.4 Å². The molecule has 1 aliphatic heterocycles. The van der Waals surface area contributed by atoms with Crippen LogP contribution in [0.3, 0.4) is 0 Å². The Balaban J connectivity index is 1.68. The van der Waals surface area contributed by atoms with Crippen molar-refractivity contribution in [1.82, 2.24) is 0 Å². The molecule has 5 rings (SSSR count). The van der Waals surface area contributed by atoms with Gasteiger partial charge in [0.05, 0.1) is 12.2 Å². The molecule has 0 radical (unpaired) electrons. The van der Waals surface area contributed by atoms with E-state index in [-0.39, 0.29) is 40.0 Å². The van der Waals surface area contributed by atoms with E-state index in [2.05, 4.69) is 0 Å². The number of phenolic OH excluding ortho intramolecular Hbond substituents is 9. The first-order chi connectivity index (χ1) is 19.8. The van der Waals surface area contributed by atoms with Crippen LogP contribution < -0.4 is 4.74 Å². The number of rotatable bonds is 6. The highest BCUT2D eigenvalue weighted by atomic mass is 16.5. The Bertz CT molecular complexity index is 1640. The van der Waals surface area contributed by atoms with Gasteiger partial charge in [-0.3, -0.25) is 0 Å². The molecule has 0 saturated carbocycles. The van der Waals surface area contributed by atoms with Gasteiger partial charge in [-0.25, -0.2) is 0 Å². The number of fused-ring (bicyclic) bond motifs is 1. The van der Waals surface area contributed by atoms with E-state index in [0.717, 1.165) is 30.3 Å². The number of phenols is 9. The SMILES string of the molecule is Oc1cc(O)c(C[C@H](O)[C@H](c2ccc(O)c(O)c2)c2c(O)cc(O)c3c2O[C@@H](c2ccc(O)c(O)c2)[C@@H](O)C3)c(O)c1. The minimum atomic E-state index is -1.58. The number of aromatic hydroxyl groups is 9. The van der Waals surface area contributed by atoms with E-state index in [9.17, 15) is 56.2 Å². The molecular formula is C30H28O12. The van der Waals surface area contributed by atoms with E-state index in [1.807, 2.05) is 0 Å². The molecule has 1 aliphatic rings. The van der Waals surface area contributed by atoms with E-state index in [0.29, 0.717) is 0 Å². The van der Waals surface area contributed by atoms with Gasteiger partial charge < -0.3 is 60.9 Å². The van der Waals surface area contributed by atoms with Crippen molar-refractivity contribution < 1.29 is 60.9 Å². The minimum Gasteiger partial charge on any atom is -0.508 e. The predicted molar refractivity (Wildman–Crippen MR) is 145 cm³/mol. The lowest BCUT2D eigenvalue weighted by Crippen LogP contribution is -2.32. The van der Waals surface area contributed by atoms with Gasteiger partial charge in [-0.15, -0.1) is 0 Å². The fourth-order valence-electron chi connectivity index (χ4n) is 5.33. The number of hydrogen-bond acceptors (Lipinski definition) is 12. The molecule has 4 aromatic rings. The van der Waals surface area contributed by atoms with Gasteiger partial charge in [-0.05, 0) is 35.4 Å². The highest BCUT2D eigenvalue weighted by Crippen LogP contribution is 2.51. The van der Waals surface area contributed by atoms with Crippen LogP contribution in [0.1, 0.15) is 39.8 Å². The Morgan fingerprint density at radius 3 is 1.90 bits per heavy atom. The Morgan fingerprint density at radius 2 is 1.29 bits per heavy atom. The third-order valence-corrected chi connectivity index (χ3v) is 7.37. The summed E-state index contributed by atoms with van der Waals surface area (Å²) in [5.74, 6) is -5.79. The summed E-state index contributed by atoms with van der Waals surface area (Å²) in [7, 11) is 0. The summed E-state index contributed by atoms with van der Waals surface area (Å²) in [5, 5.41) is 115. The molecule has 0 amide bonds. The average Bonchev–Trinajstić information content (AvgIpc) is 2.91. The van der Waals surface area contributed by atoms with Crippen molar-refractivity contribution in [1.29, 1.82) is 0 Å². The predicted octanol–water partition coefficient (Wildman–Crippen LogP) is 2.81. The summed E-state index contributed by atoms with van der Waals surface area (Å²) >= 11 is 0. The molecule has 220 valence electrons. The van der Waals surface area contributed by atoms with Crippen LogP contribution in [0.4, 0.5) is 0 Å². The largest absolute Gasteiger partial charge is 0.508 e. The third-order valence-electron chi connectivity index (χ3n) is 7.37. The van der Waals surface area contributed by atoms with Crippen molar-refractivity contribution >= 4 is 0 Å². The van der Waals surface area contributed by atoms with Crippen molar-refractivity contribution in [2.45, 2.75) is 37.1 Å². The maximum Gasteiger partial charge on any atom is 0.157 e. The zero-order valence-corrected chi connectivity index (χ0v) is 21.7. The summed E-state index contributed by atoms with van der Waals surface area (Å²) in [6.07, 6.45) is -4.64. The monoisotopic (exact) mass is 580 g/mol. The van der Waals surface area contributed by atoms with Crippen molar-refractivity contribution in [3.63, 3.8) is 0 Å². The van der Waals surface area contributed by atoms with Crippen molar-refractivity contribution in [3.8, 4) is 57.5 Å². The van der Waals surface area contributed by atoms with Crippen molar-refractivity contribution in [2.24, 2.45) is 0 Å². The highest BCUT2D eigenvalue weighted by Gasteiger charge is 2.39. The van der Waals surface area contributed by atoms with Gasteiger partial charge in [-0.2, -0.15) is 0 Å². The molecule has 4 aromatic carbocycles. The first-order valence-corrected chi connectivity index (χ1v) is 12.7. The zero-order valence-electron chi connectivity index (χ0n) is 21.7. The van der Waals surface area contributed by atoms with Crippen LogP contribution in [0, 0.1) is 0 Å². The molecule has 0 aliphatic carbocycles. The maximum atomic E-state index is 11.6. The van der Waals surface area contributed by atoms with Gasteiger partial charge in [0.25, 0.3) is 0 Å². The molecular weight excluding hydrogens is 552 g/mol. The van der Waals surface area contributed by atoms with E-state index in [4.69, 9.17) is 4.74 Å². The first-order valence-electron chi connectivity index (χ1n) is 12.7. The van der Waals surface area contributed by atoms with E-state index in [1.165, 1.54) is 24.3 Å². The molecule has 42 heavy (non-hydrogen) atoms. The molecule has 0 bridgehead atoms. The van der Waals surface area contributed by atoms with Crippen molar-refractivity contribution in [3.05, 3.63) is 82.4 Å². The lowest BCUT2D eigenvalue weighted by atomic mass is 9.80. The lowest BCUT2D eigenvalue weighted by molar-refractivity contribution is 0.0181. The summed E-state index contributed by atoms with van der Waals surface area (Å²) in [6.45, 7) is 0. The summed E-state index contributed by atoms with van der Waals surface area (Å²) in [5.41, 5.74) is 0.222. The Hall–Kier alpha value is -5.20. The Labute approximate surface area is 238 Å². The van der Waals surface area contributed by atoms with Gasteiger partial charge in [0.1, 0.15) is 40.6 Å². The quantitative estimate of drug-likeness (QED) is 0.148. The standard InChI is InChI=1S/C30H28O12/c31-14-7-19(34)15(20(35)8-14)9-24(39)27(12-1-3-17(32)22(37)5-12)28-25(40)11-21(36)16-10-26(41)29(42-30(16)28)13-2-4-18(33)23(38)6-13/h1-8,11,24,26-27,29,31-41H,9-10H2/t24-,26-,27-,29-/m0/s1. The van der Waals surface area contributed by atoms with Crippen LogP contribution >= 0.6 is 0 Å². The van der Waals surface area contributed by atoms with Crippen LogP contribution in [-0.2, 0) is 12.8 Å². The third kappa shape index (κ3) is 5.04. The smallest absolute Gasteiger partial charge is 0.157 e. The molecule has 0 aromatic heterocycles. The maximum absolute atomic E-state index is 11.6. The molecule has 0 saturated heterocycles. The van der Waals surface area contributed by atoms with Crippen LogP contribution in [0.25, 0.3) is 0 Å². The van der Waals surface area contributed by atoms with Gasteiger partial charge in [-0.1, -0.05) is 12.1 Å². The molecule has 0 spiro atoms. The average molecular weight is 581 g/mol. The Morgan fingerprint density at radius 1 is 0.667 bits per heavy atom. The number of ether oxygens (including phenoxy) is 1. The lowest BCUT2D eigenvalue weighted by Gasteiger charge is -2.35. The summed E-state index contributed by atoms with van der Waals surface area (Å²) in [6, 6.07) is 10.3. The molecule has 0 unspecified atom stereocenters. The number of benzene rings is 4. The van der Waals surface area contributed by atoms with Gasteiger partial charge in [0.15, 0.2) is 23.0 Å². The zero-order chi connectivity index (χ0) is 30.5. The van der Waals surface area contributed by atoms with E-state index in [1.54, 1.807) is 0 Å². The fraction of sp³-hybridized carbons (Fsp3) is 0.200. The van der Waals surface area contributed by atoms with Crippen LogP contribution in [0.2, 0.25) is 0 Å². The summed E-state index contributed by atoms with van der Waals surface area (Å²) in [4.78, 5) is 0. The first kappa shape index (κ1) is 28.3. The second-order valence-electron chi connectivity index (χ2n) is 10.2. The summed E-state index contributed by atoms with van der Waals surface area (Å²) < 4.78 is 6.12. The number of aliphatic hydroxyl groups is 2. The normalized spacial score (nSPS) is 17.7. The molecule has 1 heterocycles. The molecule has 12 heteroatoms. The van der Waals surface area contributed by atoms with Gasteiger partial charge >= 0.3 is 0 Å². The van der Waals surface area contributed by atoms with Crippen LogP contribution in [0.5, 0.6) is 57.5 Å². The second-order valence-corrected chi connectivity index (χ2v) is 10.2. The fourth-order valence-corrected chi connectivity index (χ4v) is 5.33. The second kappa shape index (κ2) is 10.7. The van der Waals surface area contributed by atoms with Gasteiger partial charge in [0, 0.05) is 53.6 Å². The number of aliphatic hydroxyl groups excluding tert-OH is 2. The highest BCUT2D eigenvalue weighted by molar-refractivity contribution is 5.62. The van der Waals surface area contributed by atoms with Crippen molar-refractivity contribution in [2.75, 3.05) is 0 Å². The minimum absolute atomic E-state index is 0.0741. The van der Waals surface area contributed by atoms with Crippen LogP contribution in [0.15, 0.2) is 54.6 Å². The molecule has 12 nitrogen and oxygen atoms in total. The number of hydrogen-bond donors (Lipinski definition) is 11.